The summed E-state index contributed by atoms with van der Waals surface area (Å²) in [5, 5.41) is 3.86. The molecule has 1 aliphatic heterocycles. The van der Waals surface area contributed by atoms with Crippen molar-refractivity contribution in [3.05, 3.63) is 71.9 Å². The minimum atomic E-state index is -3.20. The summed E-state index contributed by atoms with van der Waals surface area (Å²) >= 11 is 0. The highest BCUT2D eigenvalue weighted by Gasteiger charge is 2.23. The van der Waals surface area contributed by atoms with Gasteiger partial charge >= 0.3 is 0 Å². The summed E-state index contributed by atoms with van der Waals surface area (Å²) in [7, 11) is -3.20. The molecule has 6 nitrogen and oxygen atoms in total. The number of hydrogen-bond donors (Lipinski definition) is 1. The Kier molecular flexibility index (Phi) is 3.65. The molecule has 1 amide bonds. The van der Waals surface area contributed by atoms with Crippen molar-refractivity contribution in [1.29, 1.82) is 0 Å². The highest BCUT2D eigenvalue weighted by atomic mass is 32.2. The van der Waals surface area contributed by atoms with Crippen LogP contribution in [0, 0.1) is 0 Å². The number of aromatic nitrogens is 2. The lowest BCUT2D eigenvalue weighted by atomic mass is 10.2. The van der Waals surface area contributed by atoms with Crippen LogP contribution in [0.3, 0.4) is 0 Å². The van der Waals surface area contributed by atoms with Gasteiger partial charge in [0.2, 0.25) is 0 Å². The van der Waals surface area contributed by atoms with E-state index in [2.05, 4.69) is 10.3 Å². The van der Waals surface area contributed by atoms with Crippen LogP contribution in [0.2, 0.25) is 0 Å². The van der Waals surface area contributed by atoms with E-state index < -0.39 is 15.9 Å². The van der Waals surface area contributed by atoms with Crippen LogP contribution >= 0.6 is 0 Å². The molecule has 7 heteroatoms. The average Bonchev–Trinajstić information content (AvgIpc) is 3.17. The van der Waals surface area contributed by atoms with Crippen LogP contribution in [-0.2, 0) is 9.84 Å². The van der Waals surface area contributed by atoms with Crippen molar-refractivity contribution in [1.82, 2.24) is 14.7 Å². The second-order valence-corrected chi connectivity index (χ2v) is 7.84. The van der Waals surface area contributed by atoms with Crippen LogP contribution in [0.25, 0.3) is 16.9 Å². The number of sulfone groups is 1. The zero-order valence-corrected chi connectivity index (χ0v) is 14.0. The van der Waals surface area contributed by atoms with E-state index in [1.807, 2.05) is 36.5 Å². The molecular formula is C18H15N3O3S. The van der Waals surface area contributed by atoms with Crippen molar-refractivity contribution in [3.8, 4) is 11.3 Å². The normalized spacial score (nSPS) is 18.5. The Morgan fingerprint density at radius 1 is 1.12 bits per heavy atom. The van der Waals surface area contributed by atoms with Crippen molar-refractivity contribution >= 4 is 21.4 Å². The molecular weight excluding hydrogens is 338 g/mol. The van der Waals surface area contributed by atoms with E-state index in [4.69, 9.17) is 0 Å². The fourth-order valence-corrected chi connectivity index (χ4v) is 4.03. The Balaban J connectivity index is 1.59. The van der Waals surface area contributed by atoms with Crippen molar-refractivity contribution in [3.63, 3.8) is 0 Å². The maximum absolute atomic E-state index is 12.4. The first kappa shape index (κ1) is 15.6. The maximum atomic E-state index is 12.4. The van der Waals surface area contributed by atoms with Gasteiger partial charge in [-0.1, -0.05) is 30.3 Å². The number of nitrogens with zero attached hydrogens (tertiary/aromatic N) is 2. The molecule has 0 fully saturated rings. The number of nitrogens with one attached hydrogen (secondary N) is 1. The minimum absolute atomic E-state index is 0.0930. The highest BCUT2D eigenvalue weighted by molar-refractivity contribution is 7.94. The number of carbonyl (C=O) groups is 1. The molecule has 1 aliphatic rings. The summed E-state index contributed by atoms with van der Waals surface area (Å²) in [5.41, 5.74) is 3.00. The molecule has 2 aromatic heterocycles. The first-order valence-electron chi connectivity index (χ1n) is 7.76. The molecule has 0 bridgehead atoms. The van der Waals surface area contributed by atoms with Gasteiger partial charge < -0.3 is 9.72 Å². The molecule has 4 rings (SSSR count). The molecule has 3 heterocycles. The summed E-state index contributed by atoms with van der Waals surface area (Å²) in [4.78, 5) is 16.9. The Bertz CT molecular complexity index is 1090. The molecule has 0 saturated heterocycles. The smallest absolute Gasteiger partial charge is 0.253 e. The van der Waals surface area contributed by atoms with Gasteiger partial charge in [-0.3, -0.25) is 4.79 Å². The van der Waals surface area contributed by atoms with Crippen molar-refractivity contribution in [2.45, 2.75) is 6.04 Å². The molecule has 0 aliphatic carbocycles. The van der Waals surface area contributed by atoms with Gasteiger partial charge in [0.1, 0.15) is 5.65 Å². The topological polar surface area (TPSA) is 80.5 Å². The van der Waals surface area contributed by atoms with E-state index >= 15 is 0 Å². The Labute approximate surface area is 144 Å². The van der Waals surface area contributed by atoms with Crippen LogP contribution in [0.15, 0.2) is 66.3 Å². The Hall–Kier alpha value is -2.93. The average molecular weight is 353 g/mol. The third kappa shape index (κ3) is 3.18. The summed E-state index contributed by atoms with van der Waals surface area (Å²) in [6.45, 7) is 0. The SMILES string of the molecule is O=C(N[C@@H]1C=CS(=O)(=O)C1)c1ccc2nc(-c3ccccc3)cn2c1. The first-order chi connectivity index (χ1) is 12.0. The van der Waals surface area contributed by atoms with Crippen LogP contribution < -0.4 is 5.32 Å². The first-order valence-corrected chi connectivity index (χ1v) is 9.48. The molecule has 1 atom stereocenters. The van der Waals surface area contributed by atoms with Gasteiger partial charge in [-0.25, -0.2) is 13.4 Å². The van der Waals surface area contributed by atoms with Gasteiger partial charge in [0, 0.05) is 23.4 Å². The van der Waals surface area contributed by atoms with E-state index in [1.54, 1.807) is 22.7 Å². The quantitative estimate of drug-likeness (QED) is 0.781. The fourth-order valence-electron chi connectivity index (χ4n) is 2.79. The van der Waals surface area contributed by atoms with Crippen molar-refractivity contribution in [2.24, 2.45) is 0 Å². The van der Waals surface area contributed by atoms with E-state index in [-0.39, 0.29) is 11.7 Å². The number of imidazole rings is 1. The molecule has 25 heavy (non-hydrogen) atoms. The molecule has 1 aromatic carbocycles. The number of hydrogen-bond acceptors (Lipinski definition) is 4. The molecule has 0 radical (unpaired) electrons. The standard InChI is InChI=1S/C18H15N3O3S/c22-18(19-15-8-9-25(23,24)12-15)14-6-7-17-20-16(11-21(17)10-14)13-4-2-1-3-5-13/h1-11,15H,12H2,(H,19,22)/t15-/m1/s1. The van der Waals surface area contributed by atoms with Crippen LogP contribution in [-0.4, -0.2) is 35.5 Å². The lowest BCUT2D eigenvalue weighted by molar-refractivity contribution is 0.0947. The van der Waals surface area contributed by atoms with Gasteiger partial charge in [0.25, 0.3) is 5.91 Å². The van der Waals surface area contributed by atoms with Crippen molar-refractivity contribution in [2.75, 3.05) is 5.75 Å². The second-order valence-electron chi connectivity index (χ2n) is 5.91. The van der Waals surface area contributed by atoms with E-state index in [9.17, 15) is 13.2 Å². The zero-order chi connectivity index (χ0) is 17.4. The van der Waals surface area contributed by atoms with E-state index in [1.165, 1.54) is 6.08 Å². The summed E-state index contributed by atoms with van der Waals surface area (Å²) in [6.07, 6.45) is 5.05. The van der Waals surface area contributed by atoms with Gasteiger partial charge in [-0.2, -0.15) is 0 Å². The molecule has 0 unspecified atom stereocenters. The van der Waals surface area contributed by atoms with Gasteiger partial charge in [-0.15, -0.1) is 0 Å². The molecule has 3 aromatic rings. The van der Waals surface area contributed by atoms with Gasteiger partial charge in [-0.05, 0) is 18.2 Å². The second kappa shape index (κ2) is 5.86. The van der Waals surface area contributed by atoms with Crippen LogP contribution in [0.1, 0.15) is 10.4 Å². The predicted octanol–water partition coefficient (Wildman–Crippen LogP) is 2.04. The van der Waals surface area contributed by atoms with Crippen LogP contribution in [0.5, 0.6) is 0 Å². The van der Waals surface area contributed by atoms with E-state index in [0.29, 0.717) is 5.56 Å². The van der Waals surface area contributed by atoms with Gasteiger partial charge in [0.15, 0.2) is 9.84 Å². The van der Waals surface area contributed by atoms with Crippen molar-refractivity contribution < 1.29 is 13.2 Å². The lowest BCUT2D eigenvalue weighted by Crippen LogP contribution is -2.35. The highest BCUT2D eigenvalue weighted by Crippen LogP contribution is 2.19. The zero-order valence-electron chi connectivity index (χ0n) is 13.2. The third-order valence-corrected chi connectivity index (χ3v) is 5.42. The number of benzene rings is 1. The molecule has 0 saturated carbocycles. The largest absolute Gasteiger partial charge is 0.345 e. The molecule has 126 valence electrons. The number of rotatable bonds is 3. The van der Waals surface area contributed by atoms with E-state index in [0.717, 1.165) is 22.3 Å². The summed E-state index contributed by atoms with van der Waals surface area (Å²) in [6, 6.07) is 12.7. The fraction of sp³-hybridized carbons (Fsp3) is 0.111. The summed E-state index contributed by atoms with van der Waals surface area (Å²) < 4.78 is 24.6. The number of fused-ring (bicyclic) bond motifs is 1. The van der Waals surface area contributed by atoms with Gasteiger partial charge in [0.05, 0.1) is 23.1 Å². The monoisotopic (exact) mass is 353 g/mol. The third-order valence-electron chi connectivity index (χ3n) is 4.03. The Morgan fingerprint density at radius 2 is 1.92 bits per heavy atom. The number of amides is 1. The molecule has 0 spiro atoms. The maximum Gasteiger partial charge on any atom is 0.253 e. The summed E-state index contributed by atoms with van der Waals surface area (Å²) in [5.74, 6) is -0.409. The number of pyridine rings is 1. The predicted molar refractivity (Wildman–Crippen MR) is 94.8 cm³/mol. The number of carbonyl (C=O) groups excluding carboxylic acids is 1. The van der Waals surface area contributed by atoms with Crippen LogP contribution in [0.4, 0.5) is 0 Å². The molecule has 1 N–H and O–H groups in total. The minimum Gasteiger partial charge on any atom is -0.345 e. The lowest BCUT2D eigenvalue weighted by Gasteiger charge is -2.10. The Morgan fingerprint density at radius 3 is 2.64 bits per heavy atom.